The van der Waals surface area contributed by atoms with Crippen LogP contribution < -0.4 is 5.32 Å². The molecule has 1 aromatic rings. The maximum Gasteiger partial charge on any atom is 0.0422 e. The summed E-state index contributed by atoms with van der Waals surface area (Å²) in [6.45, 7) is 2.33. The van der Waals surface area contributed by atoms with Crippen LogP contribution in [0.3, 0.4) is 0 Å². The summed E-state index contributed by atoms with van der Waals surface area (Å²) in [5.74, 6) is 0. The number of hydrogen-bond acceptors (Lipinski definition) is 3. The van der Waals surface area contributed by atoms with Gasteiger partial charge >= 0.3 is 0 Å². The lowest BCUT2D eigenvalue weighted by atomic mass is 9.85. The van der Waals surface area contributed by atoms with Gasteiger partial charge in [-0.15, -0.1) is 0 Å². The maximum atomic E-state index is 4.43. The smallest absolute Gasteiger partial charge is 0.0422 e. The first-order chi connectivity index (χ1) is 7.74. The molecule has 0 aliphatic carbocycles. The summed E-state index contributed by atoms with van der Waals surface area (Å²) in [6, 6.07) is 6.16. The summed E-state index contributed by atoms with van der Waals surface area (Å²) in [7, 11) is 4.27. The van der Waals surface area contributed by atoms with Crippen LogP contribution in [-0.2, 0) is 6.42 Å². The Morgan fingerprint density at radius 3 is 3.00 bits per heavy atom. The minimum atomic E-state index is 0.210. The molecule has 1 atom stereocenters. The van der Waals surface area contributed by atoms with Crippen LogP contribution in [0.25, 0.3) is 0 Å². The van der Waals surface area contributed by atoms with Crippen molar-refractivity contribution in [3.8, 4) is 0 Å². The van der Waals surface area contributed by atoms with E-state index in [4.69, 9.17) is 0 Å². The number of nitrogens with zero attached hydrogens (tertiary/aromatic N) is 2. The third-order valence-electron chi connectivity index (χ3n) is 3.54. The van der Waals surface area contributed by atoms with Gasteiger partial charge in [0, 0.05) is 30.4 Å². The molecule has 3 nitrogen and oxygen atoms in total. The molecule has 1 aliphatic rings. The second-order valence-electron chi connectivity index (χ2n) is 4.87. The van der Waals surface area contributed by atoms with Crippen molar-refractivity contribution in [3.63, 3.8) is 0 Å². The van der Waals surface area contributed by atoms with E-state index in [1.54, 1.807) is 0 Å². The molecule has 1 aliphatic heterocycles. The molecular weight excluding hydrogens is 198 g/mol. The molecule has 0 amide bonds. The van der Waals surface area contributed by atoms with Gasteiger partial charge in [0.1, 0.15) is 0 Å². The molecule has 1 aromatic heterocycles. The van der Waals surface area contributed by atoms with Crippen LogP contribution in [0.1, 0.15) is 18.5 Å². The summed E-state index contributed by atoms with van der Waals surface area (Å²) in [4.78, 5) is 6.84. The molecule has 16 heavy (non-hydrogen) atoms. The highest BCUT2D eigenvalue weighted by molar-refractivity contribution is 5.10. The fourth-order valence-electron chi connectivity index (χ4n) is 2.65. The predicted molar refractivity (Wildman–Crippen MR) is 66.5 cm³/mol. The Morgan fingerprint density at radius 1 is 1.50 bits per heavy atom. The molecule has 0 radical (unpaired) electrons. The highest BCUT2D eigenvalue weighted by atomic mass is 15.2. The number of aromatic nitrogens is 1. The Morgan fingerprint density at radius 2 is 2.38 bits per heavy atom. The Bertz CT molecular complexity index is 325. The number of piperidine rings is 1. The highest BCUT2D eigenvalue weighted by Crippen LogP contribution is 2.23. The monoisotopic (exact) mass is 219 g/mol. The first-order valence-corrected chi connectivity index (χ1v) is 6.01. The molecule has 0 aromatic carbocycles. The van der Waals surface area contributed by atoms with Gasteiger partial charge in [0.15, 0.2) is 0 Å². The van der Waals surface area contributed by atoms with Crippen molar-refractivity contribution in [2.24, 2.45) is 0 Å². The predicted octanol–water partition coefficient (Wildman–Crippen LogP) is 1.31. The fourth-order valence-corrected chi connectivity index (χ4v) is 2.65. The molecule has 3 heteroatoms. The molecule has 88 valence electrons. The molecule has 2 heterocycles. The van der Waals surface area contributed by atoms with E-state index in [1.807, 2.05) is 12.3 Å². The number of hydrogen-bond donors (Lipinski definition) is 1. The number of nitrogens with one attached hydrogen (secondary N) is 1. The van der Waals surface area contributed by atoms with Gasteiger partial charge in [0.2, 0.25) is 0 Å². The molecule has 2 rings (SSSR count). The zero-order chi connectivity index (χ0) is 11.4. The van der Waals surface area contributed by atoms with Gasteiger partial charge < -0.3 is 10.2 Å². The van der Waals surface area contributed by atoms with Crippen LogP contribution >= 0.6 is 0 Å². The molecule has 1 fully saturated rings. The van der Waals surface area contributed by atoms with Gasteiger partial charge in [-0.3, -0.25) is 4.98 Å². The van der Waals surface area contributed by atoms with Crippen molar-refractivity contribution in [1.29, 1.82) is 0 Å². The number of likely N-dealkylation sites (tertiary alicyclic amines) is 1. The maximum absolute atomic E-state index is 4.43. The third kappa shape index (κ3) is 2.60. The van der Waals surface area contributed by atoms with Gasteiger partial charge in [-0.2, -0.15) is 0 Å². The van der Waals surface area contributed by atoms with E-state index < -0.39 is 0 Å². The Hall–Kier alpha value is -0.930. The zero-order valence-corrected chi connectivity index (χ0v) is 10.2. The van der Waals surface area contributed by atoms with Crippen molar-refractivity contribution in [2.75, 3.05) is 27.2 Å². The van der Waals surface area contributed by atoms with Crippen LogP contribution in [0, 0.1) is 0 Å². The molecule has 0 spiro atoms. The van der Waals surface area contributed by atoms with Crippen LogP contribution in [0.15, 0.2) is 24.4 Å². The van der Waals surface area contributed by atoms with E-state index in [0.29, 0.717) is 0 Å². The minimum Gasteiger partial charge on any atom is -0.313 e. The third-order valence-corrected chi connectivity index (χ3v) is 3.54. The molecular formula is C13H21N3. The SMILES string of the molecule is CNC1(Cc2ccccn2)CCCN(C)C1. The van der Waals surface area contributed by atoms with Crippen molar-refractivity contribution in [3.05, 3.63) is 30.1 Å². The van der Waals surface area contributed by atoms with Gasteiger partial charge in [-0.25, -0.2) is 0 Å². The van der Waals surface area contributed by atoms with Gasteiger partial charge in [0.25, 0.3) is 0 Å². The van der Waals surface area contributed by atoms with E-state index in [9.17, 15) is 0 Å². The summed E-state index contributed by atoms with van der Waals surface area (Å²) >= 11 is 0. The summed E-state index contributed by atoms with van der Waals surface area (Å²) in [5, 5.41) is 3.51. The lowest BCUT2D eigenvalue weighted by Gasteiger charge is -2.41. The number of rotatable bonds is 3. The van der Waals surface area contributed by atoms with Crippen molar-refractivity contribution < 1.29 is 0 Å². The average Bonchev–Trinajstić information content (AvgIpc) is 2.30. The fraction of sp³-hybridized carbons (Fsp3) is 0.615. The average molecular weight is 219 g/mol. The molecule has 1 unspecified atom stereocenters. The van der Waals surface area contributed by atoms with E-state index in [-0.39, 0.29) is 5.54 Å². The van der Waals surface area contributed by atoms with Crippen LogP contribution in [0.5, 0.6) is 0 Å². The number of pyridine rings is 1. The van der Waals surface area contributed by atoms with Crippen molar-refractivity contribution in [1.82, 2.24) is 15.2 Å². The molecule has 0 saturated carbocycles. The van der Waals surface area contributed by atoms with E-state index in [1.165, 1.54) is 25.1 Å². The normalized spacial score (nSPS) is 26.9. The Balaban J connectivity index is 2.10. The Kier molecular flexibility index (Phi) is 3.56. The van der Waals surface area contributed by atoms with Gasteiger partial charge in [-0.05, 0) is 45.6 Å². The highest BCUT2D eigenvalue weighted by Gasteiger charge is 2.33. The quantitative estimate of drug-likeness (QED) is 0.831. The van der Waals surface area contributed by atoms with Crippen molar-refractivity contribution >= 4 is 0 Å². The van der Waals surface area contributed by atoms with Crippen molar-refractivity contribution in [2.45, 2.75) is 24.8 Å². The number of likely N-dealkylation sites (N-methyl/N-ethyl adjacent to an activating group) is 2. The standard InChI is InChI=1S/C13H21N3/c1-14-13(7-5-9-16(2)11-13)10-12-6-3-4-8-15-12/h3-4,6,8,14H,5,7,9-11H2,1-2H3. The second-order valence-corrected chi connectivity index (χ2v) is 4.87. The largest absolute Gasteiger partial charge is 0.313 e. The lowest BCUT2D eigenvalue weighted by molar-refractivity contribution is 0.150. The van der Waals surface area contributed by atoms with Crippen LogP contribution in [0.4, 0.5) is 0 Å². The molecule has 0 bridgehead atoms. The van der Waals surface area contributed by atoms with Gasteiger partial charge in [-0.1, -0.05) is 6.07 Å². The van der Waals surface area contributed by atoms with Crippen LogP contribution in [0.2, 0.25) is 0 Å². The molecule has 1 N–H and O–H groups in total. The second kappa shape index (κ2) is 4.93. The summed E-state index contributed by atoms with van der Waals surface area (Å²) in [5.41, 5.74) is 1.40. The van der Waals surface area contributed by atoms with E-state index >= 15 is 0 Å². The Labute approximate surface area is 97.9 Å². The van der Waals surface area contributed by atoms with E-state index in [2.05, 4.69) is 41.4 Å². The summed E-state index contributed by atoms with van der Waals surface area (Å²) < 4.78 is 0. The topological polar surface area (TPSA) is 28.2 Å². The lowest BCUT2D eigenvalue weighted by Crippen LogP contribution is -2.56. The van der Waals surface area contributed by atoms with Crippen LogP contribution in [-0.4, -0.2) is 42.6 Å². The van der Waals surface area contributed by atoms with Gasteiger partial charge in [0.05, 0.1) is 0 Å². The molecule has 1 saturated heterocycles. The summed E-state index contributed by atoms with van der Waals surface area (Å²) in [6.07, 6.45) is 5.41. The zero-order valence-electron chi connectivity index (χ0n) is 10.2. The first-order valence-electron chi connectivity index (χ1n) is 6.01. The minimum absolute atomic E-state index is 0.210. The van der Waals surface area contributed by atoms with E-state index in [0.717, 1.165) is 13.0 Å². The first kappa shape index (κ1) is 11.6.